The summed E-state index contributed by atoms with van der Waals surface area (Å²) in [7, 11) is 0. The average molecular weight is 289 g/mol. The van der Waals surface area contributed by atoms with Crippen LogP contribution in [0.4, 0.5) is 11.4 Å². The highest BCUT2D eigenvalue weighted by Gasteiger charge is 2.38. The standard InChI is InChI=1S/C17H27N3O/c1-16(2)8-12(9-17(3,4)10-16)20-11-5-6-14(18)13(7-11)15(19)21/h5-7,12,20H,8-10,18H2,1-4H3,(H2,19,21). The zero-order valence-corrected chi connectivity index (χ0v) is 13.5. The van der Waals surface area contributed by atoms with Gasteiger partial charge in [0.2, 0.25) is 0 Å². The molecule has 116 valence electrons. The highest BCUT2D eigenvalue weighted by Crippen LogP contribution is 2.46. The highest BCUT2D eigenvalue weighted by molar-refractivity contribution is 5.98. The van der Waals surface area contributed by atoms with Crippen molar-refractivity contribution in [3.8, 4) is 0 Å². The van der Waals surface area contributed by atoms with E-state index in [1.807, 2.05) is 6.07 Å². The summed E-state index contributed by atoms with van der Waals surface area (Å²) in [5, 5.41) is 3.55. The van der Waals surface area contributed by atoms with Gasteiger partial charge in [-0.1, -0.05) is 27.7 Å². The molecule has 1 aliphatic carbocycles. The molecule has 0 atom stereocenters. The molecule has 1 aromatic carbocycles. The van der Waals surface area contributed by atoms with Crippen LogP contribution in [0.25, 0.3) is 0 Å². The molecular weight excluding hydrogens is 262 g/mol. The molecule has 21 heavy (non-hydrogen) atoms. The fourth-order valence-corrected chi connectivity index (χ4v) is 4.04. The monoisotopic (exact) mass is 289 g/mol. The van der Waals surface area contributed by atoms with Crippen LogP contribution in [-0.2, 0) is 0 Å². The van der Waals surface area contributed by atoms with Gasteiger partial charge in [0.25, 0.3) is 5.91 Å². The SMILES string of the molecule is CC1(C)CC(Nc2ccc(N)c(C(N)=O)c2)CC(C)(C)C1. The normalized spacial score (nSPS) is 21.0. The maximum atomic E-state index is 11.4. The Morgan fingerprint density at radius 3 is 2.29 bits per heavy atom. The van der Waals surface area contributed by atoms with Gasteiger partial charge in [-0.15, -0.1) is 0 Å². The van der Waals surface area contributed by atoms with E-state index < -0.39 is 5.91 Å². The first-order chi connectivity index (χ1) is 9.58. The van der Waals surface area contributed by atoms with Crippen molar-refractivity contribution in [1.82, 2.24) is 0 Å². The van der Waals surface area contributed by atoms with Crippen molar-refractivity contribution in [1.29, 1.82) is 0 Å². The van der Waals surface area contributed by atoms with Crippen LogP contribution in [0.1, 0.15) is 57.3 Å². The van der Waals surface area contributed by atoms with Gasteiger partial charge in [-0.25, -0.2) is 0 Å². The zero-order chi connectivity index (χ0) is 15.8. The van der Waals surface area contributed by atoms with Crippen molar-refractivity contribution in [2.75, 3.05) is 11.1 Å². The molecule has 0 aliphatic heterocycles. The second-order valence-electron chi connectivity index (χ2n) is 7.92. The van der Waals surface area contributed by atoms with Gasteiger partial charge in [0.15, 0.2) is 0 Å². The van der Waals surface area contributed by atoms with Gasteiger partial charge < -0.3 is 16.8 Å². The third-order valence-corrected chi connectivity index (χ3v) is 4.24. The summed E-state index contributed by atoms with van der Waals surface area (Å²) in [4.78, 5) is 11.4. The molecule has 1 saturated carbocycles. The molecule has 0 heterocycles. The Labute approximate surface area is 127 Å². The van der Waals surface area contributed by atoms with Crippen molar-refractivity contribution in [2.45, 2.75) is 53.0 Å². The number of carbonyl (C=O) groups is 1. The van der Waals surface area contributed by atoms with Gasteiger partial charge in [-0.2, -0.15) is 0 Å². The summed E-state index contributed by atoms with van der Waals surface area (Å²) < 4.78 is 0. The molecule has 0 unspecified atom stereocenters. The number of primary amides is 1. The van der Waals surface area contributed by atoms with Crippen LogP contribution in [-0.4, -0.2) is 11.9 Å². The lowest BCUT2D eigenvalue weighted by Gasteiger charge is -2.45. The van der Waals surface area contributed by atoms with Crippen molar-refractivity contribution in [3.63, 3.8) is 0 Å². The number of hydrogen-bond acceptors (Lipinski definition) is 3. The lowest BCUT2D eigenvalue weighted by molar-refractivity contribution is 0.0999. The Kier molecular flexibility index (Phi) is 3.91. The van der Waals surface area contributed by atoms with Crippen molar-refractivity contribution < 1.29 is 4.79 Å². The summed E-state index contributed by atoms with van der Waals surface area (Å²) in [6, 6.07) is 5.80. The molecule has 1 fully saturated rings. The zero-order valence-electron chi connectivity index (χ0n) is 13.5. The quantitative estimate of drug-likeness (QED) is 0.746. The number of rotatable bonds is 3. The Morgan fingerprint density at radius 1 is 1.19 bits per heavy atom. The van der Waals surface area contributed by atoms with E-state index in [0.717, 1.165) is 18.5 Å². The van der Waals surface area contributed by atoms with Crippen LogP contribution in [0.2, 0.25) is 0 Å². The van der Waals surface area contributed by atoms with E-state index in [2.05, 4.69) is 33.0 Å². The Morgan fingerprint density at radius 2 is 1.76 bits per heavy atom. The molecule has 4 nitrogen and oxygen atoms in total. The topological polar surface area (TPSA) is 81.1 Å². The Hall–Kier alpha value is -1.71. The predicted molar refractivity (Wildman–Crippen MR) is 88.2 cm³/mol. The summed E-state index contributed by atoms with van der Waals surface area (Å²) >= 11 is 0. The molecule has 1 amide bonds. The smallest absolute Gasteiger partial charge is 0.250 e. The van der Waals surface area contributed by atoms with E-state index in [4.69, 9.17) is 11.5 Å². The second kappa shape index (κ2) is 5.24. The lowest BCUT2D eigenvalue weighted by Crippen LogP contribution is -2.40. The third-order valence-electron chi connectivity index (χ3n) is 4.24. The summed E-state index contributed by atoms with van der Waals surface area (Å²) in [6.45, 7) is 9.28. The number of nitrogens with two attached hydrogens (primary N) is 2. The van der Waals surface area contributed by atoms with E-state index in [-0.39, 0.29) is 0 Å². The molecule has 1 aromatic rings. The van der Waals surface area contributed by atoms with Crippen LogP contribution in [0, 0.1) is 10.8 Å². The maximum absolute atomic E-state index is 11.4. The van der Waals surface area contributed by atoms with Crippen molar-refractivity contribution >= 4 is 17.3 Å². The van der Waals surface area contributed by atoms with Gasteiger partial charge in [-0.3, -0.25) is 4.79 Å². The van der Waals surface area contributed by atoms with Gasteiger partial charge in [0, 0.05) is 17.4 Å². The van der Waals surface area contributed by atoms with E-state index >= 15 is 0 Å². The van der Waals surface area contributed by atoms with E-state index in [0.29, 0.717) is 28.1 Å². The van der Waals surface area contributed by atoms with Gasteiger partial charge in [0.1, 0.15) is 0 Å². The summed E-state index contributed by atoms with van der Waals surface area (Å²) in [5.74, 6) is -0.486. The first-order valence-electron chi connectivity index (χ1n) is 7.54. The minimum atomic E-state index is -0.486. The number of nitrogen functional groups attached to an aromatic ring is 1. The minimum Gasteiger partial charge on any atom is -0.398 e. The maximum Gasteiger partial charge on any atom is 0.250 e. The minimum absolute atomic E-state index is 0.319. The third kappa shape index (κ3) is 3.90. The molecule has 0 saturated heterocycles. The van der Waals surface area contributed by atoms with E-state index in [1.54, 1.807) is 12.1 Å². The number of carbonyl (C=O) groups excluding carboxylic acids is 1. The van der Waals surface area contributed by atoms with E-state index in [1.165, 1.54) is 6.42 Å². The van der Waals surface area contributed by atoms with Crippen LogP contribution in [0.15, 0.2) is 18.2 Å². The summed E-state index contributed by atoms with van der Waals surface area (Å²) in [6.07, 6.45) is 3.46. The fourth-order valence-electron chi connectivity index (χ4n) is 4.04. The molecule has 0 bridgehead atoms. The van der Waals surface area contributed by atoms with Gasteiger partial charge >= 0.3 is 0 Å². The lowest BCUT2D eigenvalue weighted by atomic mass is 9.63. The molecule has 0 spiro atoms. The van der Waals surface area contributed by atoms with E-state index in [9.17, 15) is 4.79 Å². The molecule has 2 rings (SSSR count). The van der Waals surface area contributed by atoms with Crippen molar-refractivity contribution in [2.24, 2.45) is 16.6 Å². The summed E-state index contributed by atoms with van der Waals surface area (Å²) in [5.41, 5.74) is 13.5. The molecule has 1 aliphatic rings. The number of anilines is 2. The molecule has 0 radical (unpaired) electrons. The highest BCUT2D eigenvalue weighted by atomic mass is 16.1. The van der Waals surface area contributed by atoms with Crippen molar-refractivity contribution in [3.05, 3.63) is 23.8 Å². The predicted octanol–water partition coefficient (Wildman–Crippen LogP) is 3.38. The number of benzene rings is 1. The van der Waals surface area contributed by atoms with Gasteiger partial charge in [0.05, 0.1) is 5.56 Å². The Balaban J connectivity index is 2.18. The van der Waals surface area contributed by atoms with Crippen LogP contribution in [0.5, 0.6) is 0 Å². The second-order valence-corrected chi connectivity index (χ2v) is 7.92. The number of hydrogen-bond donors (Lipinski definition) is 3. The average Bonchev–Trinajstić information content (AvgIpc) is 2.27. The number of nitrogens with one attached hydrogen (secondary N) is 1. The fraction of sp³-hybridized carbons (Fsp3) is 0.588. The largest absolute Gasteiger partial charge is 0.398 e. The molecule has 5 N–H and O–H groups in total. The molecule has 4 heteroatoms. The van der Waals surface area contributed by atoms with Crippen LogP contribution in [0.3, 0.4) is 0 Å². The number of amides is 1. The first-order valence-corrected chi connectivity index (χ1v) is 7.54. The Bertz CT molecular complexity index is 533. The molecule has 0 aromatic heterocycles. The first kappa shape index (κ1) is 15.7. The van der Waals surface area contributed by atoms with Crippen LogP contribution < -0.4 is 16.8 Å². The van der Waals surface area contributed by atoms with Gasteiger partial charge in [-0.05, 0) is 48.3 Å². The van der Waals surface area contributed by atoms with Crippen LogP contribution >= 0.6 is 0 Å². The molecular formula is C17H27N3O.